The molecule has 1 heterocycles. The van der Waals surface area contributed by atoms with Crippen LogP contribution in [0.25, 0.3) is 0 Å². The molecule has 0 spiro atoms. The Morgan fingerprint density at radius 3 is 2.32 bits per heavy atom. The molecule has 0 saturated carbocycles. The van der Waals surface area contributed by atoms with E-state index < -0.39 is 5.97 Å². The normalized spacial score (nSPS) is 11.4. The quantitative estimate of drug-likeness (QED) is 0.851. The highest BCUT2D eigenvalue weighted by atomic mass is 16.5. The molecule has 6 heteroatoms. The molecule has 0 fully saturated rings. The number of nitrogens with one attached hydrogen (secondary N) is 2. The Labute approximate surface area is 128 Å². The monoisotopic (exact) mass is 299 g/mol. The van der Waals surface area contributed by atoms with Gasteiger partial charge in [-0.15, -0.1) is 0 Å². The largest absolute Gasteiger partial charge is 0.465 e. The van der Waals surface area contributed by atoms with Crippen LogP contribution in [0.1, 0.15) is 28.9 Å². The van der Waals surface area contributed by atoms with Gasteiger partial charge in [0.25, 0.3) is 0 Å². The smallest absolute Gasteiger partial charge is 0.337 e. The van der Waals surface area contributed by atoms with Gasteiger partial charge < -0.3 is 15.4 Å². The molecule has 1 atom stereocenters. The average Bonchev–Trinajstić information content (AvgIpc) is 2.55. The van der Waals surface area contributed by atoms with Crippen LogP contribution < -0.4 is 10.6 Å². The third-order valence-electron chi connectivity index (χ3n) is 3.12. The molecule has 0 bridgehead atoms. The van der Waals surface area contributed by atoms with E-state index in [-0.39, 0.29) is 12.1 Å². The van der Waals surface area contributed by atoms with Crippen LogP contribution in [0.3, 0.4) is 0 Å². The van der Waals surface area contributed by atoms with Crippen molar-refractivity contribution in [2.75, 3.05) is 12.4 Å². The highest BCUT2D eigenvalue weighted by molar-refractivity contribution is 5.92. The topological polar surface area (TPSA) is 80.3 Å². The first-order valence-electron chi connectivity index (χ1n) is 6.76. The second-order valence-corrected chi connectivity index (χ2v) is 4.67. The van der Waals surface area contributed by atoms with E-state index in [0.29, 0.717) is 11.3 Å². The minimum atomic E-state index is -0.415. The van der Waals surface area contributed by atoms with Crippen LogP contribution >= 0.6 is 0 Å². The van der Waals surface area contributed by atoms with Crippen LogP contribution in [-0.2, 0) is 4.74 Å². The summed E-state index contributed by atoms with van der Waals surface area (Å²) in [5.41, 5.74) is 1.98. The highest BCUT2D eigenvalue weighted by Crippen LogP contribution is 2.13. The predicted octanol–water partition coefficient (Wildman–Crippen LogP) is 2.75. The molecule has 2 N–H and O–H groups in total. The summed E-state index contributed by atoms with van der Waals surface area (Å²) >= 11 is 0. The minimum absolute atomic E-state index is 0.141. The van der Waals surface area contributed by atoms with Gasteiger partial charge in [0.1, 0.15) is 0 Å². The van der Waals surface area contributed by atoms with Crippen LogP contribution in [0.4, 0.5) is 10.5 Å². The number of carbonyl (C=O) groups excluding carboxylic acids is 2. The van der Waals surface area contributed by atoms with Gasteiger partial charge in [-0.2, -0.15) is 0 Å². The second kappa shape index (κ2) is 7.21. The fraction of sp³-hybridized carbons (Fsp3) is 0.188. The number of methoxy groups -OCH3 is 1. The van der Waals surface area contributed by atoms with E-state index in [1.54, 1.807) is 36.7 Å². The first-order valence-corrected chi connectivity index (χ1v) is 6.76. The van der Waals surface area contributed by atoms with E-state index in [1.807, 2.05) is 19.1 Å². The molecule has 0 aliphatic heterocycles. The van der Waals surface area contributed by atoms with E-state index in [2.05, 4.69) is 20.4 Å². The van der Waals surface area contributed by atoms with Crippen LogP contribution in [0.15, 0.2) is 48.8 Å². The minimum Gasteiger partial charge on any atom is -0.465 e. The molecule has 0 radical (unpaired) electrons. The molecule has 22 heavy (non-hydrogen) atoms. The van der Waals surface area contributed by atoms with Gasteiger partial charge in [-0.25, -0.2) is 9.59 Å². The molecule has 1 aromatic carbocycles. The molecule has 6 nitrogen and oxygen atoms in total. The number of benzene rings is 1. The van der Waals surface area contributed by atoms with E-state index in [1.165, 1.54) is 7.11 Å². The molecule has 1 unspecified atom stereocenters. The number of ether oxygens (including phenoxy) is 1. The van der Waals surface area contributed by atoms with Crippen LogP contribution in [0, 0.1) is 0 Å². The second-order valence-electron chi connectivity index (χ2n) is 4.67. The van der Waals surface area contributed by atoms with Crippen molar-refractivity contribution in [3.05, 3.63) is 59.9 Å². The predicted molar refractivity (Wildman–Crippen MR) is 82.6 cm³/mol. The van der Waals surface area contributed by atoms with Crippen molar-refractivity contribution in [2.24, 2.45) is 0 Å². The van der Waals surface area contributed by atoms with Crippen molar-refractivity contribution in [3.8, 4) is 0 Å². The van der Waals surface area contributed by atoms with Crippen molar-refractivity contribution in [2.45, 2.75) is 13.0 Å². The number of amides is 2. The summed E-state index contributed by atoms with van der Waals surface area (Å²) < 4.78 is 4.62. The zero-order chi connectivity index (χ0) is 15.9. The number of nitrogens with zero attached hydrogens (tertiary/aromatic N) is 1. The van der Waals surface area contributed by atoms with Gasteiger partial charge in [-0.1, -0.05) is 0 Å². The fourth-order valence-corrected chi connectivity index (χ4v) is 1.91. The maximum atomic E-state index is 11.9. The number of aromatic nitrogens is 1. The number of anilines is 1. The number of hydrogen-bond donors (Lipinski definition) is 2. The summed E-state index contributed by atoms with van der Waals surface area (Å²) in [6.07, 6.45) is 3.36. The van der Waals surface area contributed by atoms with E-state index in [4.69, 9.17) is 0 Å². The lowest BCUT2D eigenvalue weighted by atomic mass is 10.1. The number of esters is 1. The van der Waals surface area contributed by atoms with Crippen molar-refractivity contribution >= 4 is 17.7 Å². The number of hydrogen-bond acceptors (Lipinski definition) is 4. The summed E-state index contributed by atoms with van der Waals surface area (Å²) in [4.78, 5) is 27.2. The van der Waals surface area contributed by atoms with Crippen molar-refractivity contribution < 1.29 is 14.3 Å². The molecule has 1 aromatic heterocycles. The van der Waals surface area contributed by atoms with E-state index in [0.717, 1.165) is 5.56 Å². The fourth-order valence-electron chi connectivity index (χ4n) is 1.91. The lowest BCUT2D eigenvalue weighted by Crippen LogP contribution is -2.31. The van der Waals surface area contributed by atoms with Gasteiger partial charge in [0.05, 0.1) is 18.7 Å². The first-order chi connectivity index (χ1) is 10.6. The standard InChI is InChI=1S/C16H17N3O3/c1-11(12-7-9-17-10-8-12)18-16(21)19-14-5-3-13(4-6-14)15(20)22-2/h3-11H,1-2H3,(H2,18,19,21). The summed E-state index contributed by atoms with van der Waals surface area (Å²) in [6, 6.07) is 9.69. The summed E-state index contributed by atoms with van der Waals surface area (Å²) in [5, 5.41) is 5.53. The zero-order valence-electron chi connectivity index (χ0n) is 12.4. The number of urea groups is 1. The zero-order valence-corrected chi connectivity index (χ0v) is 12.4. The van der Waals surface area contributed by atoms with E-state index >= 15 is 0 Å². The number of rotatable bonds is 4. The Balaban J connectivity index is 1.93. The molecular formula is C16H17N3O3. The third kappa shape index (κ3) is 4.05. The molecular weight excluding hydrogens is 282 g/mol. The molecule has 2 amide bonds. The van der Waals surface area contributed by atoms with Crippen LogP contribution in [-0.4, -0.2) is 24.1 Å². The van der Waals surface area contributed by atoms with Gasteiger partial charge >= 0.3 is 12.0 Å². The van der Waals surface area contributed by atoms with Gasteiger partial charge in [-0.3, -0.25) is 4.98 Å². The van der Waals surface area contributed by atoms with Crippen molar-refractivity contribution in [1.29, 1.82) is 0 Å². The Morgan fingerprint density at radius 1 is 1.09 bits per heavy atom. The third-order valence-corrected chi connectivity index (χ3v) is 3.12. The first kappa shape index (κ1) is 15.5. The maximum Gasteiger partial charge on any atom is 0.337 e. The van der Waals surface area contributed by atoms with Crippen LogP contribution in [0.5, 0.6) is 0 Å². The number of pyridine rings is 1. The highest BCUT2D eigenvalue weighted by Gasteiger charge is 2.10. The van der Waals surface area contributed by atoms with Gasteiger partial charge in [0, 0.05) is 18.1 Å². The van der Waals surface area contributed by atoms with Gasteiger partial charge in [0.2, 0.25) is 0 Å². The summed E-state index contributed by atoms with van der Waals surface area (Å²) in [7, 11) is 1.32. The Kier molecular flexibility index (Phi) is 5.08. The van der Waals surface area contributed by atoms with Gasteiger partial charge in [-0.05, 0) is 48.9 Å². The number of carbonyl (C=O) groups is 2. The molecule has 0 aliphatic carbocycles. The lowest BCUT2D eigenvalue weighted by Gasteiger charge is -2.15. The average molecular weight is 299 g/mol. The Hall–Kier alpha value is -2.89. The van der Waals surface area contributed by atoms with Crippen LogP contribution in [0.2, 0.25) is 0 Å². The summed E-state index contributed by atoms with van der Waals surface area (Å²) in [5.74, 6) is -0.415. The maximum absolute atomic E-state index is 11.9. The summed E-state index contributed by atoms with van der Waals surface area (Å²) in [6.45, 7) is 1.88. The molecule has 2 aromatic rings. The molecule has 0 aliphatic rings. The lowest BCUT2D eigenvalue weighted by molar-refractivity contribution is 0.0601. The molecule has 2 rings (SSSR count). The Morgan fingerprint density at radius 2 is 1.73 bits per heavy atom. The van der Waals surface area contributed by atoms with Crippen molar-refractivity contribution in [3.63, 3.8) is 0 Å². The van der Waals surface area contributed by atoms with E-state index in [9.17, 15) is 9.59 Å². The SMILES string of the molecule is COC(=O)c1ccc(NC(=O)NC(C)c2ccncc2)cc1. The van der Waals surface area contributed by atoms with Gasteiger partial charge in [0.15, 0.2) is 0 Å². The van der Waals surface area contributed by atoms with Crippen molar-refractivity contribution in [1.82, 2.24) is 10.3 Å². The molecule has 114 valence electrons. The molecule has 0 saturated heterocycles. The Bertz CT molecular complexity index is 641.